The summed E-state index contributed by atoms with van der Waals surface area (Å²) in [6.45, 7) is -2.85. The van der Waals surface area contributed by atoms with E-state index in [0.717, 1.165) is 5.56 Å². The van der Waals surface area contributed by atoms with Crippen molar-refractivity contribution in [2.75, 3.05) is 0 Å². The van der Waals surface area contributed by atoms with Crippen molar-refractivity contribution in [1.82, 2.24) is 14.8 Å². The summed E-state index contributed by atoms with van der Waals surface area (Å²) in [5, 5.41) is 9.70. The van der Waals surface area contributed by atoms with Crippen LogP contribution in [-0.4, -0.2) is 21.4 Å². The summed E-state index contributed by atoms with van der Waals surface area (Å²) in [5.41, 5.74) is 1.57. The quantitative estimate of drug-likeness (QED) is 0.561. The Bertz CT molecular complexity index is 855. The Labute approximate surface area is 152 Å². The number of thioether (sulfide) groups is 1. The lowest BCUT2D eigenvalue weighted by Crippen LogP contribution is -2.04. The SMILES string of the molecule is Cn1c(SCc2ccccc2OC(F)F)nnc1-c1ccc(Cl)cc1. The van der Waals surface area contributed by atoms with Gasteiger partial charge in [-0.2, -0.15) is 8.78 Å². The van der Waals surface area contributed by atoms with Gasteiger partial charge in [-0.1, -0.05) is 41.6 Å². The molecule has 3 aromatic rings. The zero-order chi connectivity index (χ0) is 17.8. The van der Waals surface area contributed by atoms with E-state index < -0.39 is 6.61 Å². The number of rotatable bonds is 6. The van der Waals surface area contributed by atoms with Crippen molar-refractivity contribution < 1.29 is 13.5 Å². The second-order valence-electron chi connectivity index (χ2n) is 5.15. The predicted octanol–water partition coefficient (Wildman–Crippen LogP) is 5.03. The highest BCUT2D eigenvalue weighted by Crippen LogP contribution is 2.29. The van der Waals surface area contributed by atoms with E-state index in [1.807, 2.05) is 23.7 Å². The molecule has 3 rings (SSSR count). The third-order valence-electron chi connectivity index (χ3n) is 3.48. The van der Waals surface area contributed by atoms with E-state index in [-0.39, 0.29) is 5.75 Å². The molecule has 0 saturated carbocycles. The zero-order valence-electron chi connectivity index (χ0n) is 13.2. The Balaban J connectivity index is 1.76. The molecular formula is C17H14ClF2N3OS. The highest BCUT2D eigenvalue weighted by molar-refractivity contribution is 7.98. The van der Waals surface area contributed by atoms with Crippen LogP contribution in [0.1, 0.15) is 5.56 Å². The molecule has 0 N–H and O–H groups in total. The predicted molar refractivity (Wildman–Crippen MR) is 94.1 cm³/mol. The lowest BCUT2D eigenvalue weighted by molar-refractivity contribution is -0.0503. The first-order chi connectivity index (χ1) is 12.0. The maximum absolute atomic E-state index is 12.5. The first-order valence-electron chi connectivity index (χ1n) is 7.35. The Hall–Kier alpha value is -2.12. The second kappa shape index (κ2) is 7.84. The van der Waals surface area contributed by atoms with Gasteiger partial charge in [0, 0.05) is 29.0 Å². The molecule has 0 bridgehead atoms. The third kappa shape index (κ3) is 4.29. The number of aromatic nitrogens is 3. The molecule has 130 valence electrons. The standard InChI is InChI=1S/C17H14ClF2N3OS/c1-23-15(11-6-8-13(18)9-7-11)21-22-17(23)25-10-12-4-2-3-5-14(12)24-16(19)20/h2-9,16H,10H2,1H3. The molecule has 0 aliphatic heterocycles. The van der Waals surface area contributed by atoms with Crippen molar-refractivity contribution in [3.63, 3.8) is 0 Å². The number of hydrogen-bond acceptors (Lipinski definition) is 4. The van der Waals surface area contributed by atoms with E-state index in [9.17, 15) is 8.78 Å². The van der Waals surface area contributed by atoms with Gasteiger partial charge in [-0.25, -0.2) is 0 Å². The van der Waals surface area contributed by atoms with Crippen LogP contribution >= 0.6 is 23.4 Å². The van der Waals surface area contributed by atoms with Crippen LogP contribution in [0.25, 0.3) is 11.4 Å². The summed E-state index contributed by atoms with van der Waals surface area (Å²) in [6, 6.07) is 14.0. The van der Waals surface area contributed by atoms with Crippen molar-refractivity contribution in [2.45, 2.75) is 17.5 Å². The lowest BCUT2D eigenvalue weighted by Gasteiger charge is -2.10. The molecule has 4 nitrogen and oxygen atoms in total. The van der Waals surface area contributed by atoms with E-state index in [2.05, 4.69) is 14.9 Å². The first kappa shape index (κ1) is 17.7. The van der Waals surface area contributed by atoms with Gasteiger partial charge in [-0.3, -0.25) is 0 Å². The van der Waals surface area contributed by atoms with Crippen LogP contribution in [0.2, 0.25) is 5.02 Å². The number of benzene rings is 2. The van der Waals surface area contributed by atoms with Gasteiger partial charge in [0.2, 0.25) is 0 Å². The van der Waals surface area contributed by atoms with E-state index in [0.29, 0.717) is 27.3 Å². The largest absolute Gasteiger partial charge is 0.435 e. The normalized spacial score (nSPS) is 11.1. The lowest BCUT2D eigenvalue weighted by atomic mass is 10.2. The van der Waals surface area contributed by atoms with Crippen molar-refractivity contribution in [3.05, 3.63) is 59.1 Å². The van der Waals surface area contributed by atoms with Crippen molar-refractivity contribution in [3.8, 4) is 17.1 Å². The third-order valence-corrected chi connectivity index (χ3v) is 4.80. The van der Waals surface area contributed by atoms with Gasteiger partial charge in [0.05, 0.1) is 0 Å². The molecule has 0 saturated heterocycles. The molecule has 25 heavy (non-hydrogen) atoms. The summed E-state index contributed by atoms with van der Waals surface area (Å²) < 4.78 is 31.4. The molecule has 0 aliphatic rings. The van der Waals surface area contributed by atoms with Crippen molar-refractivity contribution in [2.24, 2.45) is 7.05 Å². The van der Waals surface area contributed by atoms with Crippen molar-refractivity contribution in [1.29, 1.82) is 0 Å². The molecule has 0 unspecified atom stereocenters. The second-order valence-corrected chi connectivity index (χ2v) is 6.53. The van der Waals surface area contributed by atoms with Crippen LogP contribution in [0.3, 0.4) is 0 Å². The number of nitrogens with zero attached hydrogens (tertiary/aromatic N) is 3. The Morgan fingerprint density at radius 1 is 1.12 bits per heavy atom. The molecule has 1 aromatic heterocycles. The number of para-hydroxylation sites is 1. The summed E-state index contributed by atoms with van der Waals surface area (Å²) in [6.07, 6.45) is 0. The Morgan fingerprint density at radius 2 is 1.84 bits per heavy atom. The van der Waals surface area contributed by atoms with Crippen LogP contribution < -0.4 is 4.74 Å². The van der Waals surface area contributed by atoms with Crippen LogP contribution in [-0.2, 0) is 12.8 Å². The van der Waals surface area contributed by atoms with Gasteiger partial charge >= 0.3 is 6.61 Å². The molecule has 2 aromatic carbocycles. The fraction of sp³-hybridized carbons (Fsp3) is 0.176. The van der Waals surface area contributed by atoms with E-state index in [1.165, 1.54) is 17.8 Å². The molecule has 1 heterocycles. The number of alkyl halides is 2. The van der Waals surface area contributed by atoms with E-state index in [1.54, 1.807) is 30.3 Å². The molecule has 0 radical (unpaired) electrons. The summed E-state index contributed by atoms with van der Waals surface area (Å²) in [5.74, 6) is 1.32. The highest BCUT2D eigenvalue weighted by atomic mass is 35.5. The van der Waals surface area contributed by atoms with Gasteiger partial charge < -0.3 is 9.30 Å². The Morgan fingerprint density at radius 3 is 2.56 bits per heavy atom. The van der Waals surface area contributed by atoms with Gasteiger partial charge in [0.1, 0.15) is 5.75 Å². The molecule has 0 atom stereocenters. The molecule has 0 amide bonds. The fourth-order valence-corrected chi connectivity index (χ4v) is 3.30. The Kier molecular flexibility index (Phi) is 5.55. The monoisotopic (exact) mass is 381 g/mol. The molecule has 8 heteroatoms. The van der Waals surface area contributed by atoms with Gasteiger partial charge in [-0.15, -0.1) is 10.2 Å². The number of hydrogen-bond donors (Lipinski definition) is 0. The number of ether oxygens (including phenoxy) is 1. The minimum atomic E-state index is -2.85. The highest BCUT2D eigenvalue weighted by Gasteiger charge is 2.14. The van der Waals surface area contributed by atoms with Crippen LogP contribution in [0.15, 0.2) is 53.7 Å². The first-order valence-corrected chi connectivity index (χ1v) is 8.72. The smallest absolute Gasteiger partial charge is 0.387 e. The maximum atomic E-state index is 12.5. The van der Waals surface area contributed by atoms with Gasteiger partial charge in [0.15, 0.2) is 11.0 Å². The minimum absolute atomic E-state index is 0.171. The van der Waals surface area contributed by atoms with E-state index in [4.69, 9.17) is 11.6 Å². The van der Waals surface area contributed by atoms with Crippen LogP contribution in [0.4, 0.5) is 8.78 Å². The van der Waals surface area contributed by atoms with E-state index >= 15 is 0 Å². The zero-order valence-corrected chi connectivity index (χ0v) is 14.8. The average molecular weight is 382 g/mol. The summed E-state index contributed by atoms with van der Waals surface area (Å²) in [7, 11) is 1.85. The molecule has 0 aliphatic carbocycles. The van der Waals surface area contributed by atoms with Gasteiger partial charge in [-0.05, 0) is 30.3 Å². The van der Waals surface area contributed by atoms with Crippen LogP contribution in [0, 0.1) is 0 Å². The molecule has 0 spiro atoms. The average Bonchev–Trinajstić information content (AvgIpc) is 2.95. The topological polar surface area (TPSA) is 39.9 Å². The number of halogens is 3. The summed E-state index contributed by atoms with van der Waals surface area (Å²) in [4.78, 5) is 0. The molecular weight excluding hydrogens is 368 g/mol. The van der Waals surface area contributed by atoms with Crippen molar-refractivity contribution >= 4 is 23.4 Å². The minimum Gasteiger partial charge on any atom is -0.435 e. The van der Waals surface area contributed by atoms with Gasteiger partial charge in [0.25, 0.3) is 0 Å². The van der Waals surface area contributed by atoms with Crippen LogP contribution in [0.5, 0.6) is 5.75 Å². The summed E-state index contributed by atoms with van der Waals surface area (Å²) >= 11 is 7.30. The fourth-order valence-electron chi connectivity index (χ4n) is 2.27. The molecule has 0 fully saturated rings. The maximum Gasteiger partial charge on any atom is 0.387 e.